The zero-order valence-corrected chi connectivity index (χ0v) is 13.2. The van der Waals surface area contributed by atoms with Crippen LogP contribution < -0.4 is 0 Å². The molecule has 19 heavy (non-hydrogen) atoms. The second-order valence-electron chi connectivity index (χ2n) is 5.74. The molecule has 0 amide bonds. The molecule has 0 atom stereocenters. The van der Waals surface area contributed by atoms with E-state index in [0.717, 1.165) is 19.3 Å². The van der Waals surface area contributed by atoms with Crippen LogP contribution in [0.15, 0.2) is 0 Å². The van der Waals surface area contributed by atoms with Crippen molar-refractivity contribution < 1.29 is 9.59 Å². The molecule has 112 valence electrons. The standard InChI is InChI=1S/C17H32O2/c1-4-5-6-7-8-9-10-11-12-13-14-17(15(2)18)16(3)19/h17H,4-14H2,1-3H3. The third-order valence-electron chi connectivity index (χ3n) is 3.83. The maximum atomic E-state index is 11.3. The summed E-state index contributed by atoms with van der Waals surface area (Å²) < 4.78 is 0. The number of rotatable bonds is 13. The Morgan fingerprint density at radius 2 is 1.05 bits per heavy atom. The number of hydrogen-bond acceptors (Lipinski definition) is 2. The van der Waals surface area contributed by atoms with E-state index in [0.29, 0.717) is 0 Å². The van der Waals surface area contributed by atoms with Crippen LogP contribution in [0.1, 0.15) is 91.4 Å². The number of ketones is 2. The fraction of sp³-hybridized carbons (Fsp3) is 0.882. The van der Waals surface area contributed by atoms with Crippen LogP contribution in [-0.2, 0) is 9.59 Å². The van der Waals surface area contributed by atoms with Crippen molar-refractivity contribution in [3.63, 3.8) is 0 Å². The quantitative estimate of drug-likeness (QED) is 0.344. The molecule has 0 radical (unpaired) electrons. The topological polar surface area (TPSA) is 34.1 Å². The molecule has 0 saturated heterocycles. The van der Waals surface area contributed by atoms with Crippen LogP contribution in [0, 0.1) is 5.92 Å². The lowest BCUT2D eigenvalue weighted by molar-refractivity contribution is -0.130. The average molecular weight is 268 g/mol. The highest BCUT2D eigenvalue weighted by Crippen LogP contribution is 2.15. The van der Waals surface area contributed by atoms with Crippen LogP contribution in [0.4, 0.5) is 0 Å². The smallest absolute Gasteiger partial charge is 0.140 e. The highest BCUT2D eigenvalue weighted by molar-refractivity contribution is 6.00. The first-order valence-electron chi connectivity index (χ1n) is 8.10. The van der Waals surface area contributed by atoms with Crippen LogP contribution in [0.2, 0.25) is 0 Å². The molecule has 0 N–H and O–H groups in total. The van der Waals surface area contributed by atoms with Crippen molar-refractivity contribution in [2.24, 2.45) is 5.92 Å². The Labute approximate surface area is 119 Å². The lowest BCUT2D eigenvalue weighted by Crippen LogP contribution is -2.19. The highest BCUT2D eigenvalue weighted by Gasteiger charge is 2.18. The van der Waals surface area contributed by atoms with E-state index < -0.39 is 0 Å². The summed E-state index contributed by atoms with van der Waals surface area (Å²) in [6.07, 6.45) is 13.6. The second-order valence-corrected chi connectivity index (χ2v) is 5.74. The fourth-order valence-corrected chi connectivity index (χ4v) is 2.53. The molecule has 2 nitrogen and oxygen atoms in total. The van der Waals surface area contributed by atoms with Gasteiger partial charge in [0.05, 0.1) is 5.92 Å². The van der Waals surface area contributed by atoms with Crippen molar-refractivity contribution in [2.75, 3.05) is 0 Å². The van der Waals surface area contributed by atoms with E-state index in [-0.39, 0.29) is 17.5 Å². The minimum Gasteiger partial charge on any atom is -0.299 e. The Bertz CT molecular complexity index is 232. The van der Waals surface area contributed by atoms with Gasteiger partial charge in [0.15, 0.2) is 0 Å². The van der Waals surface area contributed by atoms with Crippen LogP contribution in [0.5, 0.6) is 0 Å². The fourth-order valence-electron chi connectivity index (χ4n) is 2.53. The third kappa shape index (κ3) is 10.9. The van der Waals surface area contributed by atoms with Gasteiger partial charge in [-0.1, -0.05) is 71.1 Å². The molecule has 0 aromatic carbocycles. The molecule has 0 aromatic rings. The van der Waals surface area contributed by atoms with Gasteiger partial charge in [-0.05, 0) is 20.3 Å². The maximum Gasteiger partial charge on any atom is 0.140 e. The molecule has 0 fully saturated rings. The Kier molecular flexibility index (Phi) is 11.9. The molecule has 0 aliphatic heterocycles. The first kappa shape index (κ1) is 18.3. The average Bonchev–Trinajstić information content (AvgIpc) is 2.35. The second kappa shape index (κ2) is 12.4. The molecule has 0 bridgehead atoms. The van der Waals surface area contributed by atoms with Crippen molar-refractivity contribution in [3.05, 3.63) is 0 Å². The number of unbranched alkanes of at least 4 members (excludes halogenated alkanes) is 9. The van der Waals surface area contributed by atoms with Gasteiger partial charge in [0.1, 0.15) is 11.6 Å². The van der Waals surface area contributed by atoms with Crippen molar-refractivity contribution in [3.8, 4) is 0 Å². The summed E-state index contributed by atoms with van der Waals surface area (Å²) in [5, 5.41) is 0. The molecule has 0 aromatic heterocycles. The molecule has 0 unspecified atom stereocenters. The van der Waals surface area contributed by atoms with Gasteiger partial charge in [-0.25, -0.2) is 0 Å². The van der Waals surface area contributed by atoms with E-state index in [2.05, 4.69) is 6.92 Å². The largest absolute Gasteiger partial charge is 0.299 e. The van der Waals surface area contributed by atoms with Crippen molar-refractivity contribution >= 4 is 11.6 Å². The Balaban J connectivity index is 3.35. The summed E-state index contributed by atoms with van der Waals surface area (Å²) in [4.78, 5) is 22.5. The minimum atomic E-state index is -0.339. The Hall–Kier alpha value is -0.660. The number of Topliss-reactive ketones (excluding diaryl/α,β-unsaturated/α-hetero) is 2. The number of hydrogen-bond donors (Lipinski definition) is 0. The predicted molar refractivity (Wildman–Crippen MR) is 81.3 cm³/mol. The van der Waals surface area contributed by atoms with Gasteiger partial charge in [-0.15, -0.1) is 0 Å². The van der Waals surface area contributed by atoms with Crippen molar-refractivity contribution in [1.29, 1.82) is 0 Å². The highest BCUT2D eigenvalue weighted by atomic mass is 16.1. The first-order valence-corrected chi connectivity index (χ1v) is 8.10. The van der Waals surface area contributed by atoms with Crippen molar-refractivity contribution in [2.45, 2.75) is 91.4 Å². The lowest BCUT2D eigenvalue weighted by Gasteiger charge is -2.09. The maximum absolute atomic E-state index is 11.3. The minimum absolute atomic E-state index is 0.0309. The predicted octanol–water partition coefficient (Wildman–Crippen LogP) is 5.09. The zero-order valence-electron chi connectivity index (χ0n) is 13.2. The summed E-state index contributed by atoms with van der Waals surface area (Å²) >= 11 is 0. The zero-order chi connectivity index (χ0) is 14.5. The van der Waals surface area contributed by atoms with E-state index in [1.165, 1.54) is 65.2 Å². The molecular formula is C17H32O2. The van der Waals surface area contributed by atoms with Crippen LogP contribution in [0.3, 0.4) is 0 Å². The van der Waals surface area contributed by atoms with Gasteiger partial charge < -0.3 is 0 Å². The molecule has 0 heterocycles. The summed E-state index contributed by atoms with van der Waals surface area (Å²) in [7, 11) is 0. The summed E-state index contributed by atoms with van der Waals surface area (Å²) in [5.41, 5.74) is 0. The van der Waals surface area contributed by atoms with E-state index in [4.69, 9.17) is 0 Å². The monoisotopic (exact) mass is 268 g/mol. The molecule has 2 heteroatoms. The van der Waals surface area contributed by atoms with Crippen LogP contribution >= 0.6 is 0 Å². The lowest BCUT2D eigenvalue weighted by atomic mass is 9.93. The van der Waals surface area contributed by atoms with Gasteiger partial charge in [0.25, 0.3) is 0 Å². The van der Waals surface area contributed by atoms with Gasteiger partial charge >= 0.3 is 0 Å². The van der Waals surface area contributed by atoms with Crippen LogP contribution in [0.25, 0.3) is 0 Å². The number of carbonyl (C=O) groups excluding carboxylic acids is 2. The summed E-state index contributed by atoms with van der Waals surface area (Å²) in [5.74, 6) is -0.277. The summed E-state index contributed by atoms with van der Waals surface area (Å²) in [6, 6.07) is 0. The number of carbonyl (C=O) groups is 2. The van der Waals surface area contributed by atoms with Crippen LogP contribution in [-0.4, -0.2) is 11.6 Å². The third-order valence-corrected chi connectivity index (χ3v) is 3.83. The van der Waals surface area contributed by atoms with Gasteiger partial charge in [0, 0.05) is 0 Å². The van der Waals surface area contributed by atoms with E-state index in [9.17, 15) is 9.59 Å². The first-order chi connectivity index (χ1) is 9.09. The van der Waals surface area contributed by atoms with E-state index in [1.54, 1.807) is 0 Å². The van der Waals surface area contributed by atoms with E-state index >= 15 is 0 Å². The van der Waals surface area contributed by atoms with E-state index in [1.807, 2.05) is 0 Å². The molecule has 0 rings (SSSR count). The summed E-state index contributed by atoms with van der Waals surface area (Å²) in [6.45, 7) is 5.31. The van der Waals surface area contributed by atoms with Gasteiger partial charge in [-0.3, -0.25) is 9.59 Å². The van der Waals surface area contributed by atoms with Gasteiger partial charge in [-0.2, -0.15) is 0 Å². The Morgan fingerprint density at radius 1 is 0.684 bits per heavy atom. The molecule has 0 spiro atoms. The van der Waals surface area contributed by atoms with Gasteiger partial charge in [0.2, 0.25) is 0 Å². The SMILES string of the molecule is CCCCCCCCCCCCC(C(C)=O)C(C)=O. The molecule has 0 aliphatic carbocycles. The van der Waals surface area contributed by atoms with Crippen molar-refractivity contribution in [1.82, 2.24) is 0 Å². The molecule has 0 aliphatic rings. The Morgan fingerprint density at radius 3 is 1.42 bits per heavy atom. The molecule has 0 saturated carbocycles. The normalized spacial score (nSPS) is 10.9. The molecular weight excluding hydrogens is 236 g/mol.